The van der Waals surface area contributed by atoms with E-state index in [9.17, 15) is 0 Å². The van der Waals surface area contributed by atoms with Crippen LogP contribution in [-0.4, -0.2) is 27.2 Å². The number of imidazole rings is 1. The smallest absolute Gasteiger partial charge is 0.196 e. The van der Waals surface area contributed by atoms with Crippen molar-refractivity contribution < 1.29 is 0 Å². The minimum Gasteiger partial charge on any atom is -0.380 e. The van der Waals surface area contributed by atoms with Crippen LogP contribution in [0.25, 0.3) is 15.2 Å². The number of nitrogens with zero attached hydrogens (tertiary/aromatic N) is 3. The van der Waals surface area contributed by atoms with Crippen molar-refractivity contribution in [1.82, 2.24) is 20.1 Å². The lowest BCUT2D eigenvalue weighted by molar-refractivity contribution is 0.593. The van der Waals surface area contributed by atoms with Crippen LogP contribution in [0.5, 0.6) is 0 Å². The Morgan fingerprint density at radius 1 is 1.27 bits per heavy atom. The number of aromatic nitrogens is 2. The molecule has 170 valence electrons. The second-order valence-electron chi connectivity index (χ2n) is 10.2. The minimum absolute atomic E-state index is 0.0181. The molecule has 3 aliphatic rings. The molecule has 7 heteroatoms. The van der Waals surface area contributed by atoms with Crippen molar-refractivity contribution in [3.63, 3.8) is 0 Å². The molecule has 0 bridgehead atoms. The van der Waals surface area contributed by atoms with Gasteiger partial charge in [0.25, 0.3) is 0 Å². The van der Waals surface area contributed by atoms with Gasteiger partial charge in [-0.05, 0) is 74.4 Å². The molecule has 0 radical (unpaired) electrons. The summed E-state index contributed by atoms with van der Waals surface area (Å²) >= 11 is 1.75. The van der Waals surface area contributed by atoms with Gasteiger partial charge in [-0.2, -0.15) is 5.10 Å². The third-order valence-electron chi connectivity index (χ3n) is 6.81. The number of hydrazone groups is 1. The van der Waals surface area contributed by atoms with Gasteiger partial charge in [-0.15, -0.1) is 6.58 Å². The van der Waals surface area contributed by atoms with Gasteiger partial charge >= 0.3 is 0 Å². The summed E-state index contributed by atoms with van der Waals surface area (Å²) in [5.74, 6) is 1.30. The van der Waals surface area contributed by atoms with Crippen LogP contribution in [0.4, 0.5) is 5.82 Å². The predicted octanol–water partition coefficient (Wildman–Crippen LogP) is 5.53. The van der Waals surface area contributed by atoms with Gasteiger partial charge in [0.15, 0.2) is 4.96 Å². The van der Waals surface area contributed by atoms with E-state index in [4.69, 9.17) is 0 Å². The lowest BCUT2D eigenvalue weighted by Gasteiger charge is -2.30. The Kier molecular flexibility index (Phi) is 4.66. The van der Waals surface area contributed by atoms with E-state index in [0.717, 1.165) is 23.6 Å². The van der Waals surface area contributed by atoms with Crippen molar-refractivity contribution in [2.75, 3.05) is 5.32 Å². The van der Waals surface area contributed by atoms with E-state index >= 15 is 0 Å². The van der Waals surface area contributed by atoms with Crippen molar-refractivity contribution in [1.29, 1.82) is 0 Å². The van der Waals surface area contributed by atoms with E-state index in [0.29, 0.717) is 0 Å². The fourth-order valence-electron chi connectivity index (χ4n) is 5.41. The molecule has 1 aliphatic carbocycles. The molecule has 0 spiro atoms. The van der Waals surface area contributed by atoms with Gasteiger partial charge in [0.2, 0.25) is 0 Å². The third kappa shape index (κ3) is 3.37. The topological polar surface area (TPSA) is 65.8 Å². The van der Waals surface area contributed by atoms with Gasteiger partial charge in [0.05, 0.1) is 28.5 Å². The minimum atomic E-state index is -0.0181. The summed E-state index contributed by atoms with van der Waals surface area (Å²) in [7, 11) is 0. The van der Waals surface area contributed by atoms with Gasteiger partial charge < -0.3 is 16.1 Å². The number of hydrogen-bond donors (Lipinski definition) is 3. The zero-order chi connectivity index (χ0) is 22.7. The summed E-state index contributed by atoms with van der Waals surface area (Å²) in [6.07, 6.45) is 11.7. The summed E-state index contributed by atoms with van der Waals surface area (Å²) in [5.41, 5.74) is 10.1. The normalized spacial score (nSPS) is 24.7. The van der Waals surface area contributed by atoms with E-state index in [1.807, 2.05) is 18.5 Å². The zero-order valence-electron chi connectivity index (χ0n) is 19.4. The number of rotatable bonds is 4. The first-order valence-corrected chi connectivity index (χ1v) is 12.5. The second-order valence-corrected chi connectivity index (χ2v) is 11.2. The zero-order valence-corrected chi connectivity index (χ0v) is 20.2. The van der Waals surface area contributed by atoms with E-state index in [2.05, 4.69) is 82.3 Å². The van der Waals surface area contributed by atoms with Crippen LogP contribution in [0.3, 0.4) is 0 Å². The van der Waals surface area contributed by atoms with Crippen LogP contribution in [-0.2, 0) is 0 Å². The van der Waals surface area contributed by atoms with Crippen molar-refractivity contribution in [3.8, 4) is 0 Å². The number of anilines is 1. The highest BCUT2D eigenvalue weighted by Crippen LogP contribution is 2.45. The molecule has 3 unspecified atom stereocenters. The monoisotopic (exact) mass is 458 g/mol. The van der Waals surface area contributed by atoms with Crippen molar-refractivity contribution in [2.24, 2.45) is 11.0 Å². The van der Waals surface area contributed by atoms with Crippen LogP contribution < -0.4 is 16.1 Å². The molecule has 2 aliphatic heterocycles. The molecule has 33 heavy (non-hydrogen) atoms. The first kappa shape index (κ1) is 20.5. The van der Waals surface area contributed by atoms with Crippen LogP contribution in [0.1, 0.15) is 51.6 Å². The highest BCUT2D eigenvalue weighted by atomic mass is 32.1. The number of thiazole rings is 1. The standard InChI is InChI=1S/C26H30N6S/c1-5-20-19(13-29-31-20)18-12-27-24(17-8-6-7-16(17)18)15-9-10-21-22(11-15)33-25-28-14-23(32(21)25)30-26(2,3)4/h5,9-14,19-20,24,27,30-31H,1,6-8H2,2-4H3. The molecule has 0 fully saturated rings. The summed E-state index contributed by atoms with van der Waals surface area (Å²) in [5, 5.41) is 11.6. The molecule has 4 heterocycles. The predicted molar refractivity (Wildman–Crippen MR) is 138 cm³/mol. The molecule has 0 amide bonds. The molecule has 0 saturated heterocycles. The molecular weight excluding hydrogens is 428 g/mol. The maximum Gasteiger partial charge on any atom is 0.196 e. The molecule has 3 aromatic rings. The Labute approximate surface area is 198 Å². The molecule has 1 aromatic carbocycles. The van der Waals surface area contributed by atoms with Crippen molar-refractivity contribution in [3.05, 3.63) is 65.5 Å². The Bertz CT molecular complexity index is 1350. The second kappa shape index (κ2) is 7.48. The Balaban J connectivity index is 1.36. The van der Waals surface area contributed by atoms with Crippen LogP contribution in [0.15, 0.2) is 65.1 Å². The van der Waals surface area contributed by atoms with E-state index in [-0.39, 0.29) is 23.5 Å². The maximum absolute atomic E-state index is 4.66. The molecule has 6 nitrogen and oxygen atoms in total. The Morgan fingerprint density at radius 3 is 2.97 bits per heavy atom. The van der Waals surface area contributed by atoms with Crippen molar-refractivity contribution in [2.45, 2.75) is 57.7 Å². The average molecular weight is 459 g/mol. The highest BCUT2D eigenvalue weighted by molar-refractivity contribution is 7.23. The molecule has 3 atom stereocenters. The van der Waals surface area contributed by atoms with E-state index in [1.165, 1.54) is 38.9 Å². The van der Waals surface area contributed by atoms with Gasteiger partial charge in [-0.3, -0.25) is 4.40 Å². The van der Waals surface area contributed by atoms with Gasteiger partial charge in [0.1, 0.15) is 5.82 Å². The Hall–Kier alpha value is -3.06. The largest absolute Gasteiger partial charge is 0.380 e. The first-order valence-electron chi connectivity index (χ1n) is 11.7. The molecular formula is C26H30N6S. The first-order chi connectivity index (χ1) is 15.9. The van der Waals surface area contributed by atoms with Crippen LogP contribution in [0, 0.1) is 5.92 Å². The van der Waals surface area contributed by atoms with Crippen LogP contribution >= 0.6 is 11.3 Å². The summed E-state index contributed by atoms with van der Waals surface area (Å²) in [6.45, 7) is 10.5. The number of allylic oxidation sites excluding steroid dienone is 1. The SMILES string of the molecule is C=CC1NN=CC1C1=CNC(c2ccc3c(c2)sc2ncc(NC(C)(C)C)n23)C2=C1CCC2. The van der Waals surface area contributed by atoms with E-state index < -0.39 is 0 Å². The van der Waals surface area contributed by atoms with Crippen molar-refractivity contribution >= 4 is 38.5 Å². The van der Waals surface area contributed by atoms with Gasteiger partial charge in [-0.25, -0.2) is 4.98 Å². The van der Waals surface area contributed by atoms with E-state index in [1.54, 1.807) is 11.3 Å². The number of benzene rings is 1. The number of fused-ring (bicyclic) bond motifs is 3. The molecule has 3 N–H and O–H groups in total. The van der Waals surface area contributed by atoms with Crippen LogP contribution in [0.2, 0.25) is 0 Å². The third-order valence-corrected chi connectivity index (χ3v) is 7.83. The molecule has 0 saturated carbocycles. The number of dihydropyridines is 1. The summed E-state index contributed by atoms with van der Waals surface area (Å²) in [6, 6.07) is 7.27. The maximum atomic E-state index is 4.66. The summed E-state index contributed by atoms with van der Waals surface area (Å²) < 4.78 is 3.51. The Morgan fingerprint density at radius 2 is 2.15 bits per heavy atom. The number of hydrogen-bond acceptors (Lipinski definition) is 6. The lowest BCUT2D eigenvalue weighted by Crippen LogP contribution is -2.31. The number of nitrogens with one attached hydrogen (secondary N) is 3. The summed E-state index contributed by atoms with van der Waals surface area (Å²) in [4.78, 5) is 5.69. The molecule has 2 aromatic heterocycles. The quantitative estimate of drug-likeness (QED) is 0.450. The fraction of sp³-hybridized carbons (Fsp3) is 0.385. The lowest BCUT2D eigenvalue weighted by atomic mass is 9.82. The fourth-order valence-corrected chi connectivity index (χ4v) is 6.46. The highest BCUT2D eigenvalue weighted by Gasteiger charge is 2.35. The molecule has 6 rings (SSSR count). The average Bonchev–Trinajstić information content (AvgIpc) is 3.56. The van der Waals surface area contributed by atoms with Gasteiger partial charge in [0, 0.05) is 23.9 Å². The van der Waals surface area contributed by atoms with Gasteiger partial charge in [-0.1, -0.05) is 23.5 Å².